The largest absolute Gasteiger partial charge is 0.481 e. The van der Waals surface area contributed by atoms with Crippen LogP contribution in [0.1, 0.15) is 24.7 Å². The minimum absolute atomic E-state index is 0.378. The van der Waals surface area contributed by atoms with E-state index in [1.165, 1.54) is 0 Å². The minimum Gasteiger partial charge on any atom is -0.481 e. The van der Waals surface area contributed by atoms with Crippen LogP contribution in [0.25, 0.3) is 0 Å². The highest BCUT2D eigenvalue weighted by atomic mass is 32.2. The summed E-state index contributed by atoms with van der Waals surface area (Å²) in [5.41, 5.74) is 2.23. The van der Waals surface area contributed by atoms with Gasteiger partial charge in [-0.15, -0.1) is 0 Å². The molecule has 0 amide bonds. The highest BCUT2D eigenvalue weighted by Gasteiger charge is 2.02. The zero-order chi connectivity index (χ0) is 11.1. The number of aromatic nitrogens is 2. The molecular weight excluding hydrogens is 210 g/mol. The number of nitrogens with zero attached hydrogens (tertiary/aromatic N) is 1. The lowest BCUT2D eigenvalue weighted by atomic mass is 10.4. The van der Waals surface area contributed by atoms with E-state index >= 15 is 0 Å². The van der Waals surface area contributed by atoms with Crippen LogP contribution in [0.5, 0.6) is 0 Å². The van der Waals surface area contributed by atoms with Gasteiger partial charge in [-0.2, -0.15) is 11.8 Å². The SMILES string of the molecule is CCOC(=N)CCSCc1nc[nH]c1C. The van der Waals surface area contributed by atoms with E-state index in [1.54, 1.807) is 18.1 Å². The summed E-state index contributed by atoms with van der Waals surface area (Å²) in [4.78, 5) is 7.25. The van der Waals surface area contributed by atoms with Crippen LogP contribution >= 0.6 is 11.8 Å². The van der Waals surface area contributed by atoms with Crippen molar-refractivity contribution in [2.24, 2.45) is 0 Å². The molecule has 4 nitrogen and oxygen atoms in total. The number of nitrogens with one attached hydrogen (secondary N) is 2. The molecule has 0 aliphatic rings. The normalized spacial score (nSPS) is 10.3. The summed E-state index contributed by atoms with van der Waals surface area (Å²) in [5, 5.41) is 7.43. The molecule has 0 aliphatic carbocycles. The second-order valence-corrected chi connectivity index (χ2v) is 4.24. The Balaban J connectivity index is 2.12. The van der Waals surface area contributed by atoms with Gasteiger partial charge in [-0.05, 0) is 13.8 Å². The second kappa shape index (κ2) is 6.50. The number of H-pyrrole nitrogens is 1. The molecule has 0 fully saturated rings. The molecule has 1 heterocycles. The first-order valence-electron chi connectivity index (χ1n) is 5.00. The van der Waals surface area contributed by atoms with Crippen LogP contribution in [0, 0.1) is 12.3 Å². The Morgan fingerprint density at radius 2 is 2.47 bits per heavy atom. The number of rotatable bonds is 6. The third-order valence-corrected chi connectivity index (χ3v) is 2.94. The van der Waals surface area contributed by atoms with Crippen LogP contribution in [0.2, 0.25) is 0 Å². The van der Waals surface area contributed by atoms with Gasteiger partial charge in [0.1, 0.15) is 0 Å². The first-order valence-corrected chi connectivity index (χ1v) is 6.16. The van der Waals surface area contributed by atoms with Crippen molar-refractivity contribution in [3.05, 3.63) is 17.7 Å². The van der Waals surface area contributed by atoms with Gasteiger partial charge in [0.2, 0.25) is 0 Å². The Kier molecular flexibility index (Phi) is 5.25. The van der Waals surface area contributed by atoms with Gasteiger partial charge >= 0.3 is 0 Å². The zero-order valence-electron chi connectivity index (χ0n) is 9.17. The molecule has 0 radical (unpaired) electrons. The predicted molar refractivity (Wildman–Crippen MR) is 63.5 cm³/mol. The molecule has 15 heavy (non-hydrogen) atoms. The fourth-order valence-corrected chi connectivity index (χ4v) is 2.07. The molecule has 0 saturated carbocycles. The summed E-state index contributed by atoms with van der Waals surface area (Å²) >= 11 is 1.78. The molecule has 1 aromatic heterocycles. The van der Waals surface area contributed by atoms with E-state index < -0.39 is 0 Å². The highest BCUT2D eigenvalue weighted by molar-refractivity contribution is 7.98. The van der Waals surface area contributed by atoms with Crippen molar-refractivity contribution in [2.45, 2.75) is 26.0 Å². The van der Waals surface area contributed by atoms with E-state index in [-0.39, 0.29) is 0 Å². The third kappa shape index (κ3) is 4.38. The van der Waals surface area contributed by atoms with Gasteiger partial charge in [0.15, 0.2) is 5.90 Å². The lowest BCUT2D eigenvalue weighted by molar-refractivity contribution is 0.316. The Labute approximate surface area is 94.3 Å². The van der Waals surface area contributed by atoms with Crippen molar-refractivity contribution in [2.75, 3.05) is 12.4 Å². The smallest absolute Gasteiger partial charge is 0.181 e. The van der Waals surface area contributed by atoms with Crippen molar-refractivity contribution < 1.29 is 4.74 Å². The monoisotopic (exact) mass is 227 g/mol. The fourth-order valence-electron chi connectivity index (χ4n) is 1.11. The molecular formula is C10H17N3OS. The minimum atomic E-state index is 0.378. The maximum atomic E-state index is 7.43. The molecule has 84 valence electrons. The number of aryl methyl sites for hydroxylation is 1. The first-order chi connectivity index (χ1) is 7.24. The number of hydrogen-bond donors (Lipinski definition) is 2. The van der Waals surface area contributed by atoms with Crippen molar-refractivity contribution >= 4 is 17.7 Å². The van der Waals surface area contributed by atoms with E-state index in [0.29, 0.717) is 18.9 Å². The molecule has 0 spiro atoms. The predicted octanol–water partition coefficient (Wildman–Crippen LogP) is 2.36. The van der Waals surface area contributed by atoms with Gasteiger partial charge in [0, 0.05) is 23.6 Å². The highest BCUT2D eigenvalue weighted by Crippen LogP contribution is 2.13. The molecule has 0 atom stereocenters. The van der Waals surface area contributed by atoms with Crippen molar-refractivity contribution in [3.8, 4) is 0 Å². The summed E-state index contributed by atoms with van der Waals surface area (Å²) in [6.07, 6.45) is 2.41. The van der Waals surface area contributed by atoms with E-state index in [1.807, 2.05) is 13.8 Å². The van der Waals surface area contributed by atoms with Gasteiger partial charge in [-0.1, -0.05) is 0 Å². The number of aromatic amines is 1. The maximum Gasteiger partial charge on any atom is 0.181 e. The second-order valence-electron chi connectivity index (χ2n) is 3.13. The lowest BCUT2D eigenvalue weighted by Gasteiger charge is -2.03. The van der Waals surface area contributed by atoms with Crippen LogP contribution in [0.4, 0.5) is 0 Å². The van der Waals surface area contributed by atoms with E-state index in [2.05, 4.69) is 9.97 Å². The van der Waals surface area contributed by atoms with Crippen molar-refractivity contribution in [1.82, 2.24) is 9.97 Å². The zero-order valence-corrected chi connectivity index (χ0v) is 9.99. The third-order valence-electron chi connectivity index (χ3n) is 1.97. The van der Waals surface area contributed by atoms with Gasteiger partial charge in [-0.25, -0.2) is 4.98 Å². The maximum absolute atomic E-state index is 7.43. The van der Waals surface area contributed by atoms with E-state index in [0.717, 1.165) is 22.9 Å². The van der Waals surface area contributed by atoms with Crippen LogP contribution in [-0.4, -0.2) is 28.2 Å². The Morgan fingerprint density at radius 3 is 3.07 bits per heavy atom. The van der Waals surface area contributed by atoms with Crippen LogP contribution in [-0.2, 0) is 10.5 Å². The van der Waals surface area contributed by atoms with Crippen LogP contribution < -0.4 is 0 Å². The average Bonchev–Trinajstić information content (AvgIpc) is 2.60. The van der Waals surface area contributed by atoms with E-state index in [4.69, 9.17) is 10.1 Å². The molecule has 1 rings (SSSR count). The number of imidazole rings is 1. The molecule has 0 saturated heterocycles. The average molecular weight is 227 g/mol. The van der Waals surface area contributed by atoms with Gasteiger partial charge in [-0.3, -0.25) is 5.41 Å². The number of hydrogen-bond acceptors (Lipinski definition) is 4. The van der Waals surface area contributed by atoms with Crippen LogP contribution in [0.15, 0.2) is 6.33 Å². The first kappa shape index (κ1) is 12.1. The standard InChI is InChI=1S/C10H17N3OS/c1-3-14-10(11)4-5-15-6-9-8(2)12-7-13-9/h7,11H,3-6H2,1-2H3,(H,12,13). The number of thioether (sulfide) groups is 1. The van der Waals surface area contributed by atoms with Crippen molar-refractivity contribution in [3.63, 3.8) is 0 Å². The van der Waals surface area contributed by atoms with Gasteiger partial charge in [0.25, 0.3) is 0 Å². The molecule has 1 aromatic rings. The quantitative estimate of drug-likeness (QED) is 0.445. The van der Waals surface area contributed by atoms with Gasteiger partial charge < -0.3 is 9.72 Å². The Morgan fingerprint density at radius 1 is 1.67 bits per heavy atom. The summed E-state index contributed by atoms with van der Waals surface area (Å²) in [7, 11) is 0. The molecule has 5 heteroatoms. The number of ether oxygens (including phenoxy) is 1. The molecule has 2 N–H and O–H groups in total. The lowest BCUT2D eigenvalue weighted by Crippen LogP contribution is -2.03. The fraction of sp³-hybridized carbons (Fsp3) is 0.600. The summed E-state index contributed by atoms with van der Waals surface area (Å²) in [5.74, 6) is 2.18. The van der Waals surface area contributed by atoms with Gasteiger partial charge in [0.05, 0.1) is 18.6 Å². The molecule has 0 aromatic carbocycles. The molecule has 0 bridgehead atoms. The molecule has 0 unspecified atom stereocenters. The van der Waals surface area contributed by atoms with Crippen LogP contribution in [0.3, 0.4) is 0 Å². The molecule has 0 aliphatic heterocycles. The van der Waals surface area contributed by atoms with Crippen molar-refractivity contribution in [1.29, 1.82) is 5.41 Å². The summed E-state index contributed by atoms with van der Waals surface area (Å²) in [6.45, 7) is 4.50. The Hall–Kier alpha value is -0.970. The van der Waals surface area contributed by atoms with E-state index in [9.17, 15) is 0 Å². The summed E-state index contributed by atoms with van der Waals surface area (Å²) in [6, 6.07) is 0. The topological polar surface area (TPSA) is 61.8 Å². The summed E-state index contributed by atoms with van der Waals surface area (Å²) < 4.78 is 5.05. The Bertz CT molecular complexity index is 311.